The normalized spacial score (nSPS) is 11.3. The fourth-order valence-electron chi connectivity index (χ4n) is 3.83. The maximum Gasteiger partial charge on any atom is 0.298 e. The van der Waals surface area contributed by atoms with Gasteiger partial charge in [-0.05, 0) is 136 Å². The molecule has 1 nitrogen and oxygen atoms in total. The number of alkyl halides is 2. The van der Waals surface area contributed by atoms with Gasteiger partial charge in [0, 0.05) is 20.9 Å². The van der Waals surface area contributed by atoms with Crippen molar-refractivity contribution in [2.45, 2.75) is 71.1 Å². The molecule has 0 aliphatic carbocycles. The Bertz CT molecular complexity index is 1350. The lowest BCUT2D eigenvalue weighted by Crippen LogP contribution is -2.16. The van der Waals surface area contributed by atoms with Gasteiger partial charge in [-0.15, -0.1) is 0 Å². The van der Waals surface area contributed by atoms with Crippen LogP contribution in [0.25, 0.3) is 0 Å². The molecule has 37 heavy (non-hydrogen) atoms. The molecule has 0 spiro atoms. The topological polar surface area (TPSA) is 17.1 Å². The highest BCUT2D eigenvalue weighted by atomic mass is 32.2. The van der Waals surface area contributed by atoms with Crippen molar-refractivity contribution in [3.05, 3.63) is 128 Å². The summed E-state index contributed by atoms with van der Waals surface area (Å²) < 4.78 is 41.5. The summed E-state index contributed by atoms with van der Waals surface area (Å²) in [6.45, 7) is 15.8. The molecule has 0 atom stereocenters. The molecule has 0 radical (unpaired) electrons. The monoisotopic (exact) mass is 518 g/mol. The lowest BCUT2D eigenvalue weighted by atomic mass is 9.95. The van der Waals surface area contributed by atoms with Crippen molar-refractivity contribution in [1.29, 1.82) is 0 Å². The van der Waals surface area contributed by atoms with Crippen LogP contribution < -0.4 is 0 Å². The van der Waals surface area contributed by atoms with Crippen molar-refractivity contribution in [3.8, 4) is 0 Å². The van der Waals surface area contributed by atoms with E-state index in [1.807, 2.05) is 64.1 Å². The molecule has 4 rings (SSSR count). The van der Waals surface area contributed by atoms with Crippen molar-refractivity contribution in [1.82, 2.24) is 0 Å². The van der Waals surface area contributed by atoms with Crippen LogP contribution in [0.2, 0.25) is 0 Å². The van der Waals surface area contributed by atoms with E-state index >= 15 is 0 Å². The summed E-state index contributed by atoms with van der Waals surface area (Å²) in [7, 11) is -1.08. The zero-order valence-corrected chi connectivity index (χ0v) is 23.8. The Kier molecular flexibility index (Phi) is 8.86. The fraction of sp³-hybridized carbons (Fsp3) is 0.273. The van der Waals surface area contributed by atoms with Crippen LogP contribution in [0.4, 0.5) is 8.78 Å². The summed E-state index contributed by atoms with van der Waals surface area (Å²) in [5, 5.41) is 0. The number of aryl methyl sites for hydroxylation is 8. The molecule has 0 N–H and O–H groups in total. The molecule has 0 fully saturated rings. The average Bonchev–Trinajstić information content (AvgIpc) is 2.85. The van der Waals surface area contributed by atoms with Gasteiger partial charge in [0.2, 0.25) is 0 Å². The summed E-state index contributed by atoms with van der Waals surface area (Å²) in [5.74, 6) is -2.95. The lowest BCUT2D eigenvalue weighted by Gasteiger charge is -2.19. The van der Waals surface area contributed by atoms with Gasteiger partial charge in [-0.25, -0.2) is 4.21 Å². The van der Waals surface area contributed by atoms with Crippen LogP contribution in [0.5, 0.6) is 0 Å². The summed E-state index contributed by atoms with van der Waals surface area (Å²) in [6, 6.07) is 21.7. The zero-order valence-electron chi connectivity index (χ0n) is 23.0. The third-order valence-corrected chi connectivity index (χ3v) is 8.49. The minimum atomic E-state index is -2.95. The number of hydrogen-bond acceptors (Lipinski definition) is 1. The standard InChI is InChI=1S/C17H18F2.C16H18OS/c1-11-5-7-15(9-13(11)3)17(18,19)16-8-6-12(2)14(4)10-16;1-11-5-7-15(9-13(11)3)18(17)16-8-6-12(2)14(4)10-16/h5-10H,1-4H3;5-10H,1-4H3. The SMILES string of the molecule is Cc1ccc(C(F)(F)c2ccc(C)c(C)c2)cc1C.Cc1ccc(S(=O)c2ccc(C)c(C)c2)cc1C. The molecular formula is C33H36F2OS. The summed E-state index contributed by atoms with van der Waals surface area (Å²) in [6.07, 6.45) is 0. The molecule has 0 aliphatic rings. The summed E-state index contributed by atoms with van der Waals surface area (Å²) in [5.41, 5.74) is 8.78. The number of hydrogen-bond donors (Lipinski definition) is 0. The minimum Gasteiger partial charge on any atom is -0.249 e. The van der Waals surface area contributed by atoms with Crippen molar-refractivity contribution in [2.75, 3.05) is 0 Å². The van der Waals surface area contributed by atoms with E-state index in [1.54, 1.807) is 24.3 Å². The lowest BCUT2D eigenvalue weighted by molar-refractivity contribution is 0.0427. The van der Waals surface area contributed by atoms with E-state index in [1.165, 1.54) is 34.4 Å². The third kappa shape index (κ3) is 6.61. The Balaban J connectivity index is 0.000000206. The highest BCUT2D eigenvalue weighted by molar-refractivity contribution is 7.85. The van der Waals surface area contributed by atoms with Crippen LogP contribution in [0.3, 0.4) is 0 Å². The first kappa shape index (κ1) is 28.5. The molecule has 194 valence electrons. The van der Waals surface area contributed by atoms with Gasteiger partial charge in [-0.2, -0.15) is 8.78 Å². The number of rotatable bonds is 4. The van der Waals surface area contributed by atoms with Crippen molar-refractivity contribution >= 4 is 10.8 Å². The Labute approximate surface area is 223 Å². The molecule has 4 heteroatoms. The van der Waals surface area contributed by atoms with E-state index < -0.39 is 16.7 Å². The molecule has 0 aromatic heterocycles. The van der Waals surface area contributed by atoms with Crippen LogP contribution in [0.1, 0.15) is 55.6 Å². The quantitative estimate of drug-likeness (QED) is 0.263. The van der Waals surface area contributed by atoms with Crippen LogP contribution in [0.15, 0.2) is 82.6 Å². The van der Waals surface area contributed by atoms with E-state index in [0.29, 0.717) is 0 Å². The van der Waals surface area contributed by atoms with E-state index in [-0.39, 0.29) is 11.1 Å². The zero-order chi connectivity index (χ0) is 27.5. The second-order valence-electron chi connectivity index (χ2n) is 9.93. The van der Waals surface area contributed by atoms with E-state index in [9.17, 15) is 13.0 Å². The molecule has 0 amide bonds. The Morgan fingerprint density at radius 3 is 1.05 bits per heavy atom. The molecule has 0 saturated carbocycles. The van der Waals surface area contributed by atoms with Crippen LogP contribution in [-0.2, 0) is 16.7 Å². The Hall–Kier alpha value is -3.11. The second-order valence-corrected chi connectivity index (χ2v) is 11.4. The molecule has 0 bridgehead atoms. The number of halogens is 2. The minimum absolute atomic E-state index is 0.0545. The molecule has 0 heterocycles. The second kappa shape index (κ2) is 11.5. The summed E-state index contributed by atoms with van der Waals surface area (Å²) in [4.78, 5) is 1.75. The number of benzene rings is 4. The Morgan fingerprint density at radius 2 is 0.757 bits per heavy atom. The van der Waals surface area contributed by atoms with Crippen molar-refractivity contribution in [3.63, 3.8) is 0 Å². The maximum atomic E-state index is 14.5. The van der Waals surface area contributed by atoms with Gasteiger partial charge in [0.05, 0.1) is 10.8 Å². The highest BCUT2D eigenvalue weighted by Gasteiger charge is 2.34. The van der Waals surface area contributed by atoms with Crippen LogP contribution in [0, 0.1) is 55.4 Å². The van der Waals surface area contributed by atoms with Crippen LogP contribution >= 0.6 is 0 Å². The first-order valence-electron chi connectivity index (χ1n) is 12.4. The van der Waals surface area contributed by atoms with Gasteiger partial charge in [-0.3, -0.25) is 0 Å². The predicted molar refractivity (Wildman–Crippen MR) is 151 cm³/mol. The van der Waals surface area contributed by atoms with Gasteiger partial charge in [0.15, 0.2) is 0 Å². The van der Waals surface area contributed by atoms with E-state index in [0.717, 1.165) is 32.0 Å². The van der Waals surface area contributed by atoms with Crippen molar-refractivity contribution < 1.29 is 13.0 Å². The Morgan fingerprint density at radius 1 is 0.459 bits per heavy atom. The predicted octanol–water partition coefficient (Wildman–Crippen LogP) is 9.15. The molecule has 0 aliphatic heterocycles. The first-order valence-corrected chi connectivity index (χ1v) is 13.6. The van der Waals surface area contributed by atoms with Gasteiger partial charge in [0.1, 0.15) is 0 Å². The largest absolute Gasteiger partial charge is 0.298 e. The van der Waals surface area contributed by atoms with E-state index in [2.05, 4.69) is 27.7 Å². The maximum absolute atomic E-state index is 14.5. The smallest absolute Gasteiger partial charge is 0.249 e. The van der Waals surface area contributed by atoms with Crippen LogP contribution in [-0.4, -0.2) is 4.21 Å². The molecule has 0 unspecified atom stereocenters. The first-order chi connectivity index (χ1) is 17.3. The molecule has 4 aromatic rings. The molecule has 0 saturated heterocycles. The van der Waals surface area contributed by atoms with Gasteiger partial charge in [-0.1, -0.05) is 36.4 Å². The fourth-order valence-corrected chi connectivity index (χ4v) is 5.06. The van der Waals surface area contributed by atoms with Gasteiger partial charge >= 0.3 is 0 Å². The summed E-state index contributed by atoms with van der Waals surface area (Å²) >= 11 is 0. The van der Waals surface area contributed by atoms with Gasteiger partial charge in [0.25, 0.3) is 5.92 Å². The third-order valence-electron chi connectivity index (χ3n) is 7.12. The van der Waals surface area contributed by atoms with E-state index in [4.69, 9.17) is 0 Å². The molecular weight excluding hydrogens is 482 g/mol. The molecule has 4 aromatic carbocycles. The highest BCUT2D eigenvalue weighted by Crippen LogP contribution is 2.37. The average molecular weight is 519 g/mol. The van der Waals surface area contributed by atoms with Gasteiger partial charge < -0.3 is 0 Å². The van der Waals surface area contributed by atoms with Crippen molar-refractivity contribution in [2.24, 2.45) is 0 Å².